The van der Waals surface area contributed by atoms with Crippen molar-refractivity contribution in [3.8, 4) is 0 Å². The maximum atomic E-state index is 4.74. The number of thiazole rings is 1. The Hall–Kier alpha value is -0.450. The van der Waals surface area contributed by atoms with Gasteiger partial charge in [0.15, 0.2) is 0 Å². The van der Waals surface area contributed by atoms with Gasteiger partial charge >= 0.3 is 0 Å². The molecule has 1 N–H and O–H groups in total. The molecule has 16 heavy (non-hydrogen) atoms. The van der Waals surface area contributed by atoms with Crippen molar-refractivity contribution in [2.45, 2.75) is 32.2 Å². The summed E-state index contributed by atoms with van der Waals surface area (Å²) in [5, 5.41) is 4.79. The molecule has 90 valence electrons. The molecule has 1 saturated heterocycles. The van der Waals surface area contributed by atoms with Crippen molar-refractivity contribution in [1.82, 2.24) is 15.2 Å². The summed E-state index contributed by atoms with van der Waals surface area (Å²) in [5.74, 6) is 0. The zero-order chi connectivity index (χ0) is 11.8. The molecule has 2 rings (SSSR count). The highest BCUT2D eigenvalue weighted by Gasteiger charge is 2.36. The number of likely N-dealkylation sites (tertiary alicyclic amines) is 1. The number of nitrogens with zero attached hydrogens (tertiary/aromatic N) is 2. The van der Waals surface area contributed by atoms with E-state index in [4.69, 9.17) is 4.98 Å². The van der Waals surface area contributed by atoms with Crippen LogP contribution in [0.1, 0.15) is 28.4 Å². The van der Waals surface area contributed by atoms with E-state index in [2.05, 4.69) is 38.2 Å². The Morgan fingerprint density at radius 2 is 1.94 bits per heavy atom. The van der Waals surface area contributed by atoms with Crippen LogP contribution in [0, 0.1) is 13.8 Å². The van der Waals surface area contributed by atoms with Gasteiger partial charge in [-0.25, -0.2) is 4.98 Å². The second-order valence-electron chi connectivity index (χ2n) is 4.80. The van der Waals surface area contributed by atoms with Gasteiger partial charge in [0.2, 0.25) is 0 Å². The van der Waals surface area contributed by atoms with E-state index in [9.17, 15) is 0 Å². The SMILES string of the molecule is CNC1(c2nc(C)c(C)s2)CCN(C)CC1. The van der Waals surface area contributed by atoms with Crippen molar-refractivity contribution in [2.75, 3.05) is 27.2 Å². The van der Waals surface area contributed by atoms with Gasteiger partial charge in [0, 0.05) is 18.0 Å². The molecule has 3 nitrogen and oxygen atoms in total. The molecule has 0 amide bonds. The molecule has 0 atom stereocenters. The number of piperidine rings is 1. The topological polar surface area (TPSA) is 28.2 Å². The highest BCUT2D eigenvalue weighted by Crippen LogP contribution is 2.35. The Balaban J connectivity index is 2.27. The molecular formula is C12H21N3S. The minimum Gasteiger partial charge on any atom is -0.308 e. The van der Waals surface area contributed by atoms with Crippen molar-refractivity contribution < 1.29 is 0 Å². The molecule has 0 bridgehead atoms. The summed E-state index contributed by atoms with van der Waals surface area (Å²) in [5.41, 5.74) is 1.31. The number of nitrogens with one attached hydrogen (secondary N) is 1. The van der Waals surface area contributed by atoms with Crippen LogP contribution in [-0.2, 0) is 5.54 Å². The van der Waals surface area contributed by atoms with Gasteiger partial charge < -0.3 is 10.2 Å². The molecule has 1 aliphatic rings. The van der Waals surface area contributed by atoms with Crippen molar-refractivity contribution in [3.05, 3.63) is 15.6 Å². The van der Waals surface area contributed by atoms with E-state index in [1.165, 1.54) is 15.6 Å². The maximum Gasteiger partial charge on any atom is 0.113 e. The lowest BCUT2D eigenvalue weighted by Crippen LogP contribution is -2.48. The van der Waals surface area contributed by atoms with Crippen LogP contribution < -0.4 is 5.32 Å². The summed E-state index contributed by atoms with van der Waals surface area (Å²) < 4.78 is 0. The van der Waals surface area contributed by atoms with E-state index in [0.29, 0.717) is 0 Å². The molecule has 1 aromatic rings. The first-order valence-electron chi connectivity index (χ1n) is 5.89. The van der Waals surface area contributed by atoms with Crippen molar-refractivity contribution in [1.29, 1.82) is 0 Å². The van der Waals surface area contributed by atoms with Gasteiger partial charge in [-0.3, -0.25) is 0 Å². The fourth-order valence-corrected chi connectivity index (χ4v) is 3.42. The Morgan fingerprint density at radius 1 is 1.31 bits per heavy atom. The molecule has 0 radical (unpaired) electrons. The van der Waals surface area contributed by atoms with Crippen molar-refractivity contribution in [3.63, 3.8) is 0 Å². The summed E-state index contributed by atoms with van der Waals surface area (Å²) in [6, 6.07) is 0. The molecular weight excluding hydrogens is 218 g/mol. The first kappa shape index (κ1) is 12.0. The quantitative estimate of drug-likeness (QED) is 0.854. The second-order valence-corrected chi connectivity index (χ2v) is 6.00. The number of rotatable bonds is 2. The summed E-state index contributed by atoms with van der Waals surface area (Å²) in [4.78, 5) is 8.48. The first-order valence-corrected chi connectivity index (χ1v) is 6.71. The Bertz CT molecular complexity index is 345. The molecule has 0 unspecified atom stereocenters. The molecule has 0 aliphatic carbocycles. The van der Waals surface area contributed by atoms with E-state index < -0.39 is 0 Å². The average molecular weight is 239 g/mol. The molecule has 1 aliphatic heterocycles. The third-order valence-corrected chi connectivity index (χ3v) is 5.03. The smallest absolute Gasteiger partial charge is 0.113 e. The number of aryl methyl sites for hydroxylation is 2. The van der Waals surface area contributed by atoms with E-state index in [1.807, 2.05) is 11.3 Å². The second kappa shape index (κ2) is 4.43. The van der Waals surface area contributed by atoms with Gasteiger partial charge in [-0.05, 0) is 40.8 Å². The zero-order valence-electron chi connectivity index (χ0n) is 10.6. The van der Waals surface area contributed by atoms with Gasteiger partial charge in [-0.2, -0.15) is 0 Å². The van der Waals surface area contributed by atoms with Crippen LogP contribution in [0.5, 0.6) is 0 Å². The van der Waals surface area contributed by atoms with Crippen LogP contribution >= 0.6 is 11.3 Å². The predicted octanol–water partition coefficient (Wildman–Crippen LogP) is 1.90. The third-order valence-electron chi connectivity index (χ3n) is 3.76. The van der Waals surface area contributed by atoms with E-state index >= 15 is 0 Å². The number of hydrogen-bond donors (Lipinski definition) is 1. The molecule has 0 spiro atoms. The molecule has 0 saturated carbocycles. The van der Waals surface area contributed by atoms with E-state index in [0.717, 1.165) is 25.9 Å². The number of hydrogen-bond acceptors (Lipinski definition) is 4. The van der Waals surface area contributed by atoms with Crippen LogP contribution in [0.2, 0.25) is 0 Å². The van der Waals surface area contributed by atoms with Gasteiger partial charge in [0.25, 0.3) is 0 Å². The Kier molecular flexibility index (Phi) is 3.33. The standard InChI is InChI=1S/C12H21N3S/c1-9-10(2)16-11(14-9)12(13-3)5-7-15(4)8-6-12/h13H,5-8H2,1-4H3. The number of aromatic nitrogens is 1. The summed E-state index contributed by atoms with van der Waals surface area (Å²) in [6.45, 7) is 6.57. The molecule has 0 aromatic carbocycles. The van der Waals surface area contributed by atoms with Gasteiger partial charge in [0.1, 0.15) is 5.01 Å². The molecule has 1 fully saturated rings. The monoisotopic (exact) mass is 239 g/mol. The predicted molar refractivity (Wildman–Crippen MR) is 69.1 cm³/mol. The fraction of sp³-hybridized carbons (Fsp3) is 0.750. The lowest BCUT2D eigenvalue weighted by Gasteiger charge is -2.39. The average Bonchev–Trinajstić information content (AvgIpc) is 2.61. The van der Waals surface area contributed by atoms with Gasteiger partial charge in [-0.1, -0.05) is 0 Å². The minimum absolute atomic E-state index is 0.121. The van der Waals surface area contributed by atoms with E-state index in [-0.39, 0.29) is 5.54 Å². The summed E-state index contributed by atoms with van der Waals surface area (Å²) >= 11 is 1.85. The molecule has 1 aromatic heterocycles. The fourth-order valence-electron chi connectivity index (χ4n) is 2.25. The van der Waals surface area contributed by atoms with Gasteiger partial charge in [-0.15, -0.1) is 11.3 Å². The molecule has 2 heterocycles. The highest BCUT2D eigenvalue weighted by molar-refractivity contribution is 7.11. The van der Waals surface area contributed by atoms with Crippen LogP contribution in [0.3, 0.4) is 0 Å². The minimum atomic E-state index is 0.121. The summed E-state index contributed by atoms with van der Waals surface area (Å²) in [6.07, 6.45) is 2.32. The van der Waals surface area contributed by atoms with Crippen LogP contribution in [-0.4, -0.2) is 37.1 Å². The van der Waals surface area contributed by atoms with E-state index in [1.54, 1.807) is 0 Å². The van der Waals surface area contributed by atoms with Crippen molar-refractivity contribution in [2.24, 2.45) is 0 Å². The normalized spacial score (nSPS) is 21.2. The van der Waals surface area contributed by atoms with Crippen LogP contribution in [0.25, 0.3) is 0 Å². The van der Waals surface area contributed by atoms with Crippen LogP contribution in [0.4, 0.5) is 0 Å². The largest absolute Gasteiger partial charge is 0.308 e. The Morgan fingerprint density at radius 3 is 2.38 bits per heavy atom. The zero-order valence-corrected chi connectivity index (χ0v) is 11.4. The lowest BCUT2D eigenvalue weighted by atomic mass is 9.88. The molecule has 4 heteroatoms. The van der Waals surface area contributed by atoms with Gasteiger partial charge in [0.05, 0.1) is 11.2 Å². The maximum absolute atomic E-state index is 4.74. The summed E-state index contributed by atoms with van der Waals surface area (Å²) in [7, 11) is 4.26. The first-order chi connectivity index (χ1) is 7.57. The van der Waals surface area contributed by atoms with Crippen molar-refractivity contribution >= 4 is 11.3 Å². The highest BCUT2D eigenvalue weighted by atomic mass is 32.1. The lowest BCUT2D eigenvalue weighted by molar-refractivity contribution is 0.164. The van der Waals surface area contributed by atoms with Crippen LogP contribution in [0.15, 0.2) is 0 Å². The Labute approximate surface area is 102 Å². The third kappa shape index (κ3) is 2.01.